The summed E-state index contributed by atoms with van der Waals surface area (Å²) in [4.78, 5) is 28.8. The number of nitrogens with zero attached hydrogens (tertiary/aromatic N) is 1. The molecule has 6 nitrogen and oxygen atoms in total. The maximum absolute atomic E-state index is 12.3. The molecule has 2 amide bonds. The standard InChI is InChI=1S/C21H23N3O3S/c1-2-12-27-17-10-8-16(9-11-17)23-19(25)13-18-20(26)24-21(28-18)22-14-15-6-4-3-5-7-15/h3-11,18H,2,12-14H2,1H3,(H,23,25)(H,22,24,26)/t18-/m0/s1. The monoisotopic (exact) mass is 397 g/mol. The molecule has 1 aliphatic heterocycles. The number of benzene rings is 2. The van der Waals surface area contributed by atoms with E-state index in [0.29, 0.717) is 24.0 Å². The van der Waals surface area contributed by atoms with E-state index >= 15 is 0 Å². The Bertz CT molecular complexity index is 838. The van der Waals surface area contributed by atoms with Gasteiger partial charge in [-0.25, -0.2) is 0 Å². The molecular formula is C21H23N3O3S. The molecule has 0 radical (unpaired) electrons. The summed E-state index contributed by atoms with van der Waals surface area (Å²) >= 11 is 1.30. The topological polar surface area (TPSA) is 79.8 Å². The average molecular weight is 398 g/mol. The zero-order valence-electron chi connectivity index (χ0n) is 15.7. The molecule has 0 saturated carbocycles. The van der Waals surface area contributed by atoms with Crippen LogP contribution in [0.1, 0.15) is 25.3 Å². The molecule has 146 valence electrons. The second kappa shape index (κ2) is 9.94. The first-order valence-electron chi connectivity index (χ1n) is 9.22. The van der Waals surface area contributed by atoms with Gasteiger partial charge in [0.1, 0.15) is 11.0 Å². The first kappa shape index (κ1) is 19.9. The molecule has 3 rings (SSSR count). The summed E-state index contributed by atoms with van der Waals surface area (Å²) < 4.78 is 5.52. The van der Waals surface area contributed by atoms with Crippen LogP contribution in [0.4, 0.5) is 5.69 Å². The minimum Gasteiger partial charge on any atom is -0.494 e. The van der Waals surface area contributed by atoms with Crippen LogP contribution in [0.5, 0.6) is 5.75 Å². The number of carbonyl (C=O) groups is 2. The van der Waals surface area contributed by atoms with E-state index in [1.165, 1.54) is 11.8 Å². The third kappa shape index (κ3) is 5.85. The number of amides is 2. The minimum atomic E-state index is -0.471. The highest BCUT2D eigenvalue weighted by Gasteiger charge is 2.31. The lowest BCUT2D eigenvalue weighted by molar-refractivity contribution is -0.122. The van der Waals surface area contributed by atoms with Gasteiger partial charge in [-0.15, -0.1) is 0 Å². The lowest BCUT2D eigenvalue weighted by atomic mass is 10.2. The van der Waals surface area contributed by atoms with Gasteiger partial charge in [-0.3, -0.25) is 14.6 Å². The second-order valence-corrected chi connectivity index (χ2v) is 7.52. The lowest BCUT2D eigenvalue weighted by Crippen LogP contribution is -2.28. The van der Waals surface area contributed by atoms with E-state index in [2.05, 4.69) is 15.6 Å². The molecule has 0 aromatic heterocycles. The Morgan fingerprint density at radius 3 is 2.64 bits per heavy atom. The highest BCUT2D eigenvalue weighted by Crippen LogP contribution is 2.24. The van der Waals surface area contributed by atoms with Gasteiger partial charge in [-0.2, -0.15) is 0 Å². The van der Waals surface area contributed by atoms with Gasteiger partial charge in [0, 0.05) is 12.1 Å². The van der Waals surface area contributed by atoms with Crippen molar-refractivity contribution in [2.24, 2.45) is 4.99 Å². The van der Waals surface area contributed by atoms with Crippen molar-refractivity contribution in [1.29, 1.82) is 0 Å². The molecule has 2 aromatic carbocycles. The third-order valence-corrected chi connectivity index (χ3v) is 5.13. The normalized spacial score (nSPS) is 17.4. The largest absolute Gasteiger partial charge is 0.494 e. The van der Waals surface area contributed by atoms with Crippen LogP contribution in [-0.4, -0.2) is 28.8 Å². The van der Waals surface area contributed by atoms with Crippen molar-refractivity contribution in [3.63, 3.8) is 0 Å². The van der Waals surface area contributed by atoms with E-state index in [0.717, 1.165) is 17.7 Å². The zero-order chi connectivity index (χ0) is 19.8. The fourth-order valence-electron chi connectivity index (χ4n) is 2.60. The third-order valence-electron chi connectivity index (χ3n) is 4.01. The molecule has 1 heterocycles. The molecular weight excluding hydrogens is 374 g/mol. The fourth-order valence-corrected chi connectivity index (χ4v) is 3.56. The molecule has 1 atom stereocenters. The Morgan fingerprint density at radius 2 is 1.93 bits per heavy atom. The van der Waals surface area contributed by atoms with E-state index in [-0.39, 0.29) is 18.2 Å². The second-order valence-electron chi connectivity index (χ2n) is 6.33. The van der Waals surface area contributed by atoms with Crippen LogP contribution in [0.25, 0.3) is 0 Å². The van der Waals surface area contributed by atoms with Gasteiger partial charge in [-0.1, -0.05) is 49.0 Å². The van der Waals surface area contributed by atoms with Crippen molar-refractivity contribution in [1.82, 2.24) is 5.32 Å². The van der Waals surface area contributed by atoms with E-state index < -0.39 is 5.25 Å². The summed E-state index contributed by atoms with van der Waals surface area (Å²) in [7, 11) is 0. The number of hydrogen-bond acceptors (Lipinski definition) is 5. The summed E-state index contributed by atoms with van der Waals surface area (Å²) in [5.41, 5.74) is 1.74. The smallest absolute Gasteiger partial charge is 0.240 e. The molecule has 0 unspecified atom stereocenters. The van der Waals surface area contributed by atoms with Crippen molar-refractivity contribution in [2.75, 3.05) is 11.9 Å². The number of carbonyl (C=O) groups excluding carboxylic acids is 2. The van der Waals surface area contributed by atoms with Crippen molar-refractivity contribution in [2.45, 2.75) is 31.6 Å². The quantitative estimate of drug-likeness (QED) is 0.713. The highest BCUT2D eigenvalue weighted by atomic mass is 32.2. The van der Waals surface area contributed by atoms with Crippen molar-refractivity contribution >= 4 is 34.4 Å². The van der Waals surface area contributed by atoms with Gasteiger partial charge in [-0.05, 0) is 36.2 Å². The van der Waals surface area contributed by atoms with E-state index in [4.69, 9.17) is 4.74 Å². The van der Waals surface area contributed by atoms with Crippen LogP contribution in [0, 0.1) is 0 Å². The molecule has 2 N–H and O–H groups in total. The Morgan fingerprint density at radius 1 is 1.18 bits per heavy atom. The number of ether oxygens (including phenoxy) is 1. The molecule has 1 aliphatic rings. The first-order valence-corrected chi connectivity index (χ1v) is 10.1. The Kier molecular flexibility index (Phi) is 7.08. The van der Waals surface area contributed by atoms with Crippen LogP contribution in [-0.2, 0) is 16.1 Å². The summed E-state index contributed by atoms with van der Waals surface area (Å²) in [5, 5.41) is 5.65. The van der Waals surface area contributed by atoms with Crippen LogP contribution in [0.2, 0.25) is 0 Å². The van der Waals surface area contributed by atoms with Crippen LogP contribution in [0.3, 0.4) is 0 Å². The van der Waals surface area contributed by atoms with Gasteiger partial charge in [0.15, 0.2) is 5.17 Å². The fraction of sp³-hybridized carbons (Fsp3) is 0.286. The summed E-state index contributed by atoms with van der Waals surface area (Å²) in [5.74, 6) is 0.374. The molecule has 2 aromatic rings. The maximum Gasteiger partial charge on any atom is 0.240 e. The predicted molar refractivity (Wildman–Crippen MR) is 113 cm³/mol. The van der Waals surface area contributed by atoms with Crippen LogP contribution < -0.4 is 15.4 Å². The summed E-state index contributed by atoms with van der Waals surface area (Å²) in [6.45, 7) is 3.20. The van der Waals surface area contributed by atoms with Gasteiger partial charge >= 0.3 is 0 Å². The first-order chi connectivity index (χ1) is 13.6. The maximum atomic E-state index is 12.3. The van der Waals surface area contributed by atoms with Crippen LogP contribution in [0.15, 0.2) is 59.6 Å². The predicted octanol–water partition coefficient (Wildman–Crippen LogP) is 3.59. The lowest BCUT2D eigenvalue weighted by Gasteiger charge is -2.09. The summed E-state index contributed by atoms with van der Waals surface area (Å²) in [6.07, 6.45) is 1.03. The van der Waals surface area contributed by atoms with Crippen LogP contribution >= 0.6 is 11.8 Å². The average Bonchev–Trinajstić information content (AvgIpc) is 3.06. The van der Waals surface area contributed by atoms with E-state index in [9.17, 15) is 9.59 Å². The van der Waals surface area contributed by atoms with Gasteiger partial charge in [0.25, 0.3) is 0 Å². The molecule has 0 bridgehead atoms. The van der Waals surface area contributed by atoms with E-state index in [1.807, 2.05) is 49.4 Å². The molecule has 0 spiro atoms. The molecule has 28 heavy (non-hydrogen) atoms. The Labute approximate surface area is 168 Å². The van der Waals surface area contributed by atoms with Crippen molar-refractivity contribution in [3.8, 4) is 5.75 Å². The summed E-state index contributed by atoms with van der Waals surface area (Å²) in [6, 6.07) is 17.0. The molecule has 0 aliphatic carbocycles. The van der Waals surface area contributed by atoms with E-state index in [1.54, 1.807) is 12.1 Å². The van der Waals surface area contributed by atoms with Gasteiger partial charge < -0.3 is 15.4 Å². The zero-order valence-corrected chi connectivity index (χ0v) is 16.5. The number of nitrogens with one attached hydrogen (secondary N) is 2. The molecule has 1 fully saturated rings. The SMILES string of the molecule is CCCOc1ccc(NC(=O)C[C@@H]2SC(=NCc3ccccc3)NC2=O)cc1. The Balaban J connectivity index is 1.49. The molecule has 1 saturated heterocycles. The number of aliphatic imine (C=N–C) groups is 1. The Hall–Kier alpha value is -2.80. The number of rotatable bonds is 8. The number of anilines is 1. The number of thioether (sulfide) groups is 1. The van der Waals surface area contributed by atoms with Gasteiger partial charge in [0.05, 0.1) is 13.2 Å². The highest BCUT2D eigenvalue weighted by molar-refractivity contribution is 8.15. The number of amidine groups is 1. The van der Waals surface area contributed by atoms with Crippen molar-refractivity contribution < 1.29 is 14.3 Å². The number of hydrogen-bond donors (Lipinski definition) is 2. The van der Waals surface area contributed by atoms with Gasteiger partial charge in [0.2, 0.25) is 11.8 Å². The van der Waals surface area contributed by atoms with Crippen molar-refractivity contribution in [3.05, 3.63) is 60.2 Å². The molecule has 7 heteroatoms. The minimum absolute atomic E-state index is 0.0922.